The van der Waals surface area contributed by atoms with Gasteiger partial charge in [-0.15, -0.1) is 11.3 Å². The first-order valence-corrected chi connectivity index (χ1v) is 11.3. The number of ether oxygens (including phenoxy) is 1. The summed E-state index contributed by atoms with van der Waals surface area (Å²) in [6, 6.07) is 14.6. The van der Waals surface area contributed by atoms with Crippen LogP contribution in [0.25, 0.3) is 11.3 Å². The number of para-hydroxylation sites is 1. The van der Waals surface area contributed by atoms with E-state index in [0.29, 0.717) is 17.4 Å². The Hall–Kier alpha value is -2.86. The second kappa shape index (κ2) is 8.48. The van der Waals surface area contributed by atoms with Crippen molar-refractivity contribution in [3.63, 3.8) is 0 Å². The highest BCUT2D eigenvalue weighted by Gasteiger charge is 2.19. The maximum atomic E-state index is 11.7. The van der Waals surface area contributed by atoms with Crippen molar-refractivity contribution in [1.29, 1.82) is 0 Å². The third kappa shape index (κ3) is 3.92. The fourth-order valence-electron chi connectivity index (χ4n) is 3.64. The number of hydrogen-bond acceptors (Lipinski definition) is 4. The standard InChI is InChI=1S/C24H27N3O2S/c1-5-16(4)27-21(17-10-11-22-20(12-17)25-23(28)13-29-22)14-30-24(27)26-19-9-7-6-8-18(19)15(2)3/h6-12,14-16H,5,13H2,1-4H3,(H,25,28). The first kappa shape index (κ1) is 20.4. The molecule has 0 spiro atoms. The lowest BCUT2D eigenvalue weighted by Gasteiger charge is -2.20. The van der Waals surface area contributed by atoms with Gasteiger partial charge in [0.15, 0.2) is 11.4 Å². The molecule has 0 radical (unpaired) electrons. The quantitative estimate of drug-likeness (QED) is 0.560. The molecule has 5 nitrogen and oxygen atoms in total. The smallest absolute Gasteiger partial charge is 0.262 e. The SMILES string of the molecule is CCC(C)n1c(-c2ccc3c(c2)NC(=O)CO3)csc1=Nc1ccccc1C(C)C. The van der Waals surface area contributed by atoms with Gasteiger partial charge in [0.25, 0.3) is 5.91 Å². The predicted molar refractivity (Wildman–Crippen MR) is 123 cm³/mol. The Morgan fingerprint density at radius 2 is 2.00 bits per heavy atom. The van der Waals surface area contributed by atoms with Crippen molar-refractivity contribution in [3.05, 3.63) is 58.2 Å². The number of thiazole rings is 1. The number of nitrogens with zero attached hydrogens (tertiary/aromatic N) is 2. The molecule has 1 unspecified atom stereocenters. The van der Waals surface area contributed by atoms with Crippen molar-refractivity contribution in [1.82, 2.24) is 4.57 Å². The van der Waals surface area contributed by atoms with Gasteiger partial charge in [0, 0.05) is 17.0 Å². The summed E-state index contributed by atoms with van der Waals surface area (Å²) in [5, 5.41) is 5.06. The van der Waals surface area contributed by atoms with Crippen LogP contribution in [0.2, 0.25) is 0 Å². The van der Waals surface area contributed by atoms with E-state index in [9.17, 15) is 4.79 Å². The van der Waals surface area contributed by atoms with Gasteiger partial charge in [0.2, 0.25) is 0 Å². The summed E-state index contributed by atoms with van der Waals surface area (Å²) in [7, 11) is 0. The Balaban J connectivity index is 1.85. The number of carbonyl (C=O) groups excluding carboxylic acids is 1. The predicted octanol–water partition coefficient (Wildman–Crippen LogP) is 5.87. The fourth-order valence-corrected chi connectivity index (χ4v) is 4.65. The molecule has 1 aliphatic rings. The molecular weight excluding hydrogens is 394 g/mol. The van der Waals surface area contributed by atoms with E-state index in [4.69, 9.17) is 9.73 Å². The lowest BCUT2D eigenvalue weighted by Crippen LogP contribution is -2.25. The normalized spacial score (nSPS) is 15.0. The maximum absolute atomic E-state index is 11.7. The molecule has 0 aliphatic carbocycles. The van der Waals surface area contributed by atoms with Gasteiger partial charge in [-0.05, 0) is 49.1 Å². The van der Waals surface area contributed by atoms with Crippen LogP contribution in [0.3, 0.4) is 0 Å². The van der Waals surface area contributed by atoms with E-state index in [1.807, 2.05) is 24.3 Å². The minimum atomic E-state index is -0.124. The van der Waals surface area contributed by atoms with Crippen molar-refractivity contribution >= 4 is 28.6 Å². The number of anilines is 1. The molecule has 6 heteroatoms. The van der Waals surface area contributed by atoms with Gasteiger partial charge in [-0.2, -0.15) is 0 Å². The van der Waals surface area contributed by atoms with Gasteiger partial charge in [-0.25, -0.2) is 4.99 Å². The summed E-state index contributed by atoms with van der Waals surface area (Å²) >= 11 is 1.65. The Morgan fingerprint density at radius 3 is 2.77 bits per heavy atom. The van der Waals surface area contributed by atoms with Gasteiger partial charge in [0.1, 0.15) is 5.75 Å². The molecule has 4 rings (SSSR count). The van der Waals surface area contributed by atoms with Crippen LogP contribution in [0, 0.1) is 0 Å². The van der Waals surface area contributed by atoms with Crippen molar-refractivity contribution in [2.45, 2.75) is 46.1 Å². The highest BCUT2D eigenvalue weighted by Crippen LogP contribution is 2.34. The third-order valence-corrected chi connectivity index (χ3v) is 6.30. The highest BCUT2D eigenvalue weighted by molar-refractivity contribution is 7.07. The summed E-state index contributed by atoms with van der Waals surface area (Å²) < 4.78 is 7.81. The van der Waals surface area contributed by atoms with E-state index < -0.39 is 0 Å². The molecule has 30 heavy (non-hydrogen) atoms. The number of fused-ring (bicyclic) bond motifs is 1. The Bertz CT molecular complexity index is 1140. The van der Waals surface area contributed by atoms with E-state index in [0.717, 1.165) is 28.2 Å². The minimum Gasteiger partial charge on any atom is -0.482 e. The number of hydrogen-bond donors (Lipinski definition) is 1. The van der Waals surface area contributed by atoms with Gasteiger partial charge in [-0.3, -0.25) is 4.79 Å². The van der Waals surface area contributed by atoms with Crippen LogP contribution in [0.1, 0.15) is 51.6 Å². The van der Waals surface area contributed by atoms with Crippen LogP contribution < -0.4 is 14.9 Å². The number of nitrogens with one attached hydrogen (secondary N) is 1. The van der Waals surface area contributed by atoms with Crippen LogP contribution in [-0.2, 0) is 4.79 Å². The lowest BCUT2D eigenvalue weighted by molar-refractivity contribution is -0.118. The molecule has 156 valence electrons. The Morgan fingerprint density at radius 1 is 1.20 bits per heavy atom. The van der Waals surface area contributed by atoms with E-state index in [-0.39, 0.29) is 18.6 Å². The van der Waals surface area contributed by atoms with Crippen molar-refractivity contribution in [3.8, 4) is 17.0 Å². The van der Waals surface area contributed by atoms with Gasteiger partial charge < -0.3 is 14.6 Å². The van der Waals surface area contributed by atoms with Crippen LogP contribution in [-0.4, -0.2) is 17.1 Å². The molecule has 0 bridgehead atoms. The average molecular weight is 422 g/mol. The lowest BCUT2D eigenvalue weighted by atomic mass is 10.0. The first-order chi connectivity index (χ1) is 14.5. The molecule has 0 saturated carbocycles. The summed E-state index contributed by atoms with van der Waals surface area (Å²) in [4.78, 5) is 17.8. The topological polar surface area (TPSA) is 55.6 Å². The zero-order valence-electron chi connectivity index (χ0n) is 17.8. The maximum Gasteiger partial charge on any atom is 0.262 e. The number of rotatable bonds is 5. The number of aromatic nitrogens is 1. The van der Waals surface area contributed by atoms with Crippen LogP contribution in [0.4, 0.5) is 11.4 Å². The van der Waals surface area contributed by atoms with E-state index in [1.54, 1.807) is 11.3 Å². The third-order valence-electron chi connectivity index (χ3n) is 5.46. The van der Waals surface area contributed by atoms with Crippen LogP contribution in [0.15, 0.2) is 52.8 Å². The molecule has 1 aromatic heterocycles. The number of amides is 1. The van der Waals surface area contributed by atoms with E-state index in [2.05, 4.69) is 61.2 Å². The summed E-state index contributed by atoms with van der Waals surface area (Å²) in [5.74, 6) is 0.992. The zero-order chi connectivity index (χ0) is 21.3. The molecule has 1 N–H and O–H groups in total. The Kier molecular flexibility index (Phi) is 5.77. The fraction of sp³-hybridized carbons (Fsp3) is 0.333. The molecule has 0 fully saturated rings. The molecule has 0 saturated heterocycles. The van der Waals surface area contributed by atoms with Crippen LogP contribution >= 0.6 is 11.3 Å². The molecule has 2 heterocycles. The van der Waals surface area contributed by atoms with Crippen molar-refractivity contribution in [2.75, 3.05) is 11.9 Å². The highest BCUT2D eigenvalue weighted by atomic mass is 32.1. The summed E-state index contributed by atoms with van der Waals surface area (Å²) in [5.41, 5.74) is 5.11. The molecule has 3 aromatic rings. The van der Waals surface area contributed by atoms with Crippen molar-refractivity contribution < 1.29 is 9.53 Å². The molecule has 2 aromatic carbocycles. The number of benzene rings is 2. The van der Waals surface area contributed by atoms with Gasteiger partial charge in [0.05, 0.1) is 17.1 Å². The van der Waals surface area contributed by atoms with Gasteiger partial charge >= 0.3 is 0 Å². The second-order valence-electron chi connectivity index (χ2n) is 7.90. The average Bonchev–Trinajstić information content (AvgIpc) is 3.16. The first-order valence-electron chi connectivity index (χ1n) is 10.4. The second-order valence-corrected chi connectivity index (χ2v) is 8.74. The molecule has 1 atom stereocenters. The molecular formula is C24H27N3O2S. The zero-order valence-corrected chi connectivity index (χ0v) is 18.6. The monoisotopic (exact) mass is 421 g/mol. The van der Waals surface area contributed by atoms with Gasteiger partial charge in [-0.1, -0.05) is 39.0 Å². The largest absolute Gasteiger partial charge is 0.482 e. The van der Waals surface area contributed by atoms with E-state index in [1.165, 1.54) is 5.56 Å². The molecule has 1 amide bonds. The van der Waals surface area contributed by atoms with E-state index >= 15 is 0 Å². The van der Waals surface area contributed by atoms with Crippen LogP contribution in [0.5, 0.6) is 5.75 Å². The minimum absolute atomic E-state index is 0.0654. The number of carbonyl (C=O) groups is 1. The summed E-state index contributed by atoms with van der Waals surface area (Å²) in [6.45, 7) is 8.86. The van der Waals surface area contributed by atoms with Crippen molar-refractivity contribution in [2.24, 2.45) is 4.99 Å². The molecule has 1 aliphatic heterocycles. The summed E-state index contributed by atoms with van der Waals surface area (Å²) in [6.07, 6.45) is 0.994. The Labute approximate surface area is 181 Å².